The Balaban J connectivity index is 2.71. The third kappa shape index (κ3) is 1.62. The van der Waals surface area contributed by atoms with E-state index in [1.807, 2.05) is 12.1 Å². The molecular formula is C13H17NO2. The molecule has 0 aliphatic rings. The van der Waals surface area contributed by atoms with Crippen LogP contribution in [0, 0.1) is 0 Å². The molecule has 3 heteroatoms. The van der Waals surface area contributed by atoms with Gasteiger partial charge in [0.1, 0.15) is 11.5 Å². The molecule has 16 heavy (non-hydrogen) atoms. The molecule has 0 saturated carbocycles. The number of methoxy groups -OCH3 is 2. The van der Waals surface area contributed by atoms with E-state index in [2.05, 4.69) is 30.7 Å². The van der Waals surface area contributed by atoms with Crippen LogP contribution in [0.4, 0.5) is 0 Å². The lowest BCUT2D eigenvalue weighted by Gasteiger charge is -2.11. The van der Waals surface area contributed by atoms with Crippen LogP contribution in [-0.2, 0) is 0 Å². The van der Waals surface area contributed by atoms with Gasteiger partial charge >= 0.3 is 0 Å². The average molecular weight is 219 g/mol. The summed E-state index contributed by atoms with van der Waals surface area (Å²) in [5.74, 6) is 1.68. The molecule has 0 aliphatic heterocycles. The third-order valence-electron chi connectivity index (χ3n) is 2.79. The van der Waals surface area contributed by atoms with E-state index in [9.17, 15) is 0 Å². The molecule has 3 nitrogen and oxygen atoms in total. The minimum atomic E-state index is 0.425. The first-order chi connectivity index (χ1) is 7.67. The molecule has 0 N–H and O–H groups in total. The fourth-order valence-corrected chi connectivity index (χ4v) is 1.94. The molecule has 0 saturated heterocycles. The van der Waals surface area contributed by atoms with E-state index in [1.165, 1.54) is 0 Å². The van der Waals surface area contributed by atoms with Gasteiger partial charge in [-0.1, -0.05) is 0 Å². The molecule has 86 valence electrons. The molecule has 0 amide bonds. The van der Waals surface area contributed by atoms with Crippen molar-refractivity contribution in [2.45, 2.75) is 19.9 Å². The Morgan fingerprint density at radius 3 is 2.44 bits per heavy atom. The van der Waals surface area contributed by atoms with E-state index in [1.54, 1.807) is 14.2 Å². The number of rotatable bonds is 3. The van der Waals surface area contributed by atoms with Crippen LogP contribution >= 0.6 is 0 Å². The van der Waals surface area contributed by atoms with Gasteiger partial charge in [0.2, 0.25) is 0 Å². The summed E-state index contributed by atoms with van der Waals surface area (Å²) >= 11 is 0. The number of benzene rings is 1. The van der Waals surface area contributed by atoms with Crippen molar-refractivity contribution in [1.82, 2.24) is 4.57 Å². The second-order valence-corrected chi connectivity index (χ2v) is 4.08. The van der Waals surface area contributed by atoms with Crippen molar-refractivity contribution in [2.75, 3.05) is 14.2 Å². The Labute approximate surface area is 95.6 Å². The number of nitrogens with zero attached hydrogens (tertiary/aromatic N) is 1. The van der Waals surface area contributed by atoms with Crippen LogP contribution in [0.25, 0.3) is 10.9 Å². The largest absolute Gasteiger partial charge is 0.497 e. The molecular weight excluding hydrogens is 202 g/mol. The minimum Gasteiger partial charge on any atom is -0.497 e. The summed E-state index contributed by atoms with van der Waals surface area (Å²) in [6.45, 7) is 4.32. The zero-order valence-electron chi connectivity index (χ0n) is 10.2. The van der Waals surface area contributed by atoms with E-state index in [4.69, 9.17) is 9.47 Å². The smallest absolute Gasteiger partial charge is 0.131 e. The van der Waals surface area contributed by atoms with Gasteiger partial charge in [0, 0.05) is 29.8 Å². The normalized spacial score (nSPS) is 11.1. The second kappa shape index (κ2) is 4.08. The highest BCUT2D eigenvalue weighted by Crippen LogP contribution is 2.33. The molecule has 1 aromatic carbocycles. The number of fused-ring (bicyclic) bond motifs is 1. The topological polar surface area (TPSA) is 23.4 Å². The highest BCUT2D eigenvalue weighted by Gasteiger charge is 2.10. The maximum atomic E-state index is 5.37. The van der Waals surface area contributed by atoms with Crippen molar-refractivity contribution in [2.24, 2.45) is 0 Å². The average Bonchev–Trinajstić information content (AvgIpc) is 2.71. The molecule has 0 bridgehead atoms. The Bertz CT molecular complexity index is 500. The number of aromatic nitrogens is 1. The first-order valence-electron chi connectivity index (χ1n) is 5.40. The lowest BCUT2D eigenvalue weighted by Crippen LogP contribution is -1.98. The molecule has 0 aliphatic carbocycles. The summed E-state index contributed by atoms with van der Waals surface area (Å²) in [4.78, 5) is 0. The maximum Gasteiger partial charge on any atom is 0.131 e. The van der Waals surface area contributed by atoms with Crippen LogP contribution < -0.4 is 9.47 Å². The summed E-state index contributed by atoms with van der Waals surface area (Å²) in [7, 11) is 3.35. The van der Waals surface area contributed by atoms with Gasteiger partial charge in [0.05, 0.1) is 19.7 Å². The maximum absolute atomic E-state index is 5.37. The van der Waals surface area contributed by atoms with Crippen molar-refractivity contribution in [3.05, 3.63) is 24.4 Å². The second-order valence-electron chi connectivity index (χ2n) is 4.08. The lowest BCUT2D eigenvalue weighted by molar-refractivity contribution is 0.397. The molecule has 2 aromatic rings. The van der Waals surface area contributed by atoms with Gasteiger partial charge in [-0.25, -0.2) is 0 Å². The van der Waals surface area contributed by atoms with Gasteiger partial charge in [0.25, 0.3) is 0 Å². The van der Waals surface area contributed by atoms with Crippen molar-refractivity contribution < 1.29 is 9.47 Å². The summed E-state index contributed by atoms with van der Waals surface area (Å²) in [6.07, 6.45) is 2.08. The Hall–Kier alpha value is -1.64. The molecule has 0 atom stereocenters. The molecule has 0 spiro atoms. The van der Waals surface area contributed by atoms with Crippen LogP contribution in [-0.4, -0.2) is 18.8 Å². The number of ether oxygens (including phenoxy) is 2. The van der Waals surface area contributed by atoms with Gasteiger partial charge in [-0.3, -0.25) is 0 Å². The van der Waals surface area contributed by atoms with Crippen LogP contribution in [0.15, 0.2) is 24.4 Å². The molecule has 0 unspecified atom stereocenters. The first-order valence-corrected chi connectivity index (χ1v) is 5.40. The fourth-order valence-electron chi connectivity index (χ4n) is 1.94. The van der Waals surface area contributed by atoms with E-state index in [0.29, 0.717) is 6.04 Å². The highest BCUT2D eigenvalue weighted by molar-refractivity contribution is 5.88. The van der Waals surface area contributed by atoms with E-state index in [0.717, 1.165) is 22.4 Å². The molecule has 2 rings (SSSR count). The van der Waals surface area contributed by atoms with Crippen molar-refractivity contribution in [3.63, 3.8) is 0 Å². The van der Waals surface area contributed by atoms with Crippen LogP contribution in [0.3, 0.4) is 0 Å². The Morgan fingerprint density at radius 2 is 1.88 bits per heavy atom. The third-order valence-corrected chi connectivity index (χ3v) is 2.79. The summed E-state index contributed by atoms with van der Waals surface area (Å²) in [6, 6.07) is 6.45. The van der Waals surface area contributed by atoms with E-state index < -0.39 is 0 Å². The zero-order chi connectivity index (χ0) is 11.7. The van der Waals surface area contributed by atoms with Crippen molar-refractivity contribution in [1.29, 1.82) is 0 Å². The quantitative estimate of drug-likeness (QED) is 0.791. The molecule has 1 aromatic heterocycles. The lowest BCUT2D eigenvalue weighted by atomic mass is 10.2. The zero-order valence-corrected chi connectivity index (χ0v) is 10.2. The standard InChI is InChI=1S/C13H17NO2/c1-9(2)14-6-5-11-12(14)7-10(15-3)8-13(11)16-4/h5-9H,1-4H3. The van der Waals surface area contributed by atoms with Gasteiger partial charge in [-0.2, -0.15) is 0 Å². The highest BCUT2D eigenvalue weighted by atomic mass is 16.5. The number of hydrogen-bond acceptors (Lipinski definition) is 2. The first kappa shape index (κ1) is 10.9. The van der Waals surface area contributed by atoms with E-state index in [-0.39, 0.29) is 0 Å². The summed E-state index contributed by atoms with van der Waals surface area (Å²) in [5, 5.41) is 1.12. The van der Waals surface area contributed by atoms with Gasteiger partial charge in [0.15, 0.2) is 0 Å². The Morgan fingerprint density at radius 1 is 1.12 bits per heavy atom. The van der Waals surface area contributed by atoms with Crippen LogP contribution in [0.5, 0.6) is 11.5 Å². The molecule has 0 radical (unpaired) electrons. The molecule has 1 heterocycles. The van der Waals surface area contributed by atoms with Crippen LogP contribution in [0.2, 0.25) is 0 Å². The fraction of sp³-hybridized carbons (Fsp3) is 0.385. The Kier molecular flexibility index (Phi) is 2.77. The molecule has 0 fully saturated rings. The predicted octanol–water partition coefficient (Wildman–Crippen LogP) is 3.24. The number of hydrogen-bond donors (Lipinski definition) is 0. The monoisotopic (exact) mass is 219 g/mol. The van der Waals surface area contributed by atoms with Gasteiger partial charge in [-0.05, 0) is 19.9 Å². The summed E-state index contributed by atoms with van der Waals surface area (Å²) in [5.41, 5.74) is 1.14. The van der Waals surface area contributed by atoms with Gasteiger partial charge < -0.3 is 14.0 Å². The minimum absolute atomic E-state index is 0.425. The van der Waals surface area contributed by atoms with Crippen molar-refractivity contribution >= 4 is 10.9 Å². The van der Waals surface area contributed by atoms with Gasteiger partial charge in [-0.15, -0.1) is 0 Å². The van der Waals surface area contributed by atoms with Crippen molar-refractivity contribution in [3.8, 4) is 11.5 Å². The predicted molar refractivity (Wildman–Crippen MR) is 65.4 cm³/mol. The summed E-state index contributed by atoms with van der Waals surface area (Å²) < 4.78 is 12.9. The van der Waals surface area contributed by atoms with E-state index >= 15 is 0 Å². The van der Waals surface area contributed by atoms with Crippen LogP contribution in [0.1, 0.15) is 19.9 Å². The SMILES string of the molecule is COc1cc(OC)c2ccn(C(C)C)c2c1.